The molecule has 0 spiro atoms. The second kappa shape index (κ2) is 8.60. The van der Waals surface area contributed by atoms with E-state index in [1.165, 1.54) is 11.3 Å². The fraction of sp³-hybridized carbons (Fsp3) is 0.667. The number of esters is 2. The van der Waals surface area contributed by atoms with E-state index in [0.29, 0.717) is 0 Å². The van der Waals surface area contributed by atoms with Crippen LogP contribution in [0.5, 0.6) is 0 Å². The second-order valence-electron chi connectivity index (χ2n) is 8.01. The van der Waals surface area contributed by atoms with Crippen LogP contribution >= 0.6 is 11.3 Å². The molecule has 1 aromatic rings. The fourth-order valence-electron chi connectivity index (χ4n) is 3.26. The lowest BCUT2D eigenvalue weighted by molar-refractivity contribution is -0.285. The Labute approximate surface area is 168 Å². The van der Waals surface area contributed by atoms with Crippen LogP contribution in [0, 0.1) is 0 Å². The lowest BCUT2D eigenvalue weighted by Crippen LogP contribution is -2.62. The maximum atomic E-state index is 12.5. The number of rotatable bonds is 3. The van der Waals surface area contributed by atoms with Gasteiger partial charge in [0.05, 0.1) is 12.8 Å². The normalized spacial score (nSPS) is 34.9. The summed E-state index contributed by atoms with van der Waals surface area (Å²) in [5.41, 5.74) is 0. The minimum absolute atomic E-state index is 0.0313. The van der Waals surface area contributed by atoms with E-state index in [9.17, 15) is 19.8 Å². The number of thiophene rings is 1. The number of hydrogen-bond acceptors (Lipinski definition) is 9. The van der Waals surface area contributed by atoms with Gasteiger partial charge < -0.3 is 28.8 Å². The van der Waals surface area contributed by atoms with Crippen molar-refractivity contribution in [1.82, 2.24) is 0 Å². The number of cyclic esters (lactones) is 1. The molecule has 10 heteroatoms. The van der Waals surface area contributed by atoms with Crippen LogP contribution in [0.2, 0.25) is 19.6 Å². The summed E-state index contributed by atoms with van der Waals surface area (Å²) in [6.07, 6.45) is -5.94. The number of fused-ring (bicyclic) bond motifs is 1. The van der Waals surface area contributed by atoms with Gasteiger partial charge >= 0.3 is 11.9 Å². The first-order valence-corrected chi connectivity index (χ1v) is 13.5. The molecule has 2 fully saturated rings. The van der Waals surface area contributed by atoms with Crippen LogP contribution in [0.25, 0.3) is 0 Å². The lowest BCUT2D eigenvalue weighted by atomic mass is 9.97. The Morgan fingerprint density at radius 2 is 1.86 bits per heavy atom. The van der Waals surface area contributed by atoms with E-state index in [1.54, 1.807) is 0 Å². The first-order valence-electron chi connectivity index (χ1n) is 9.22. The third kappa shape index (κ3) is 5.19. The topological polar surface area (TPSA) is 112 Å². The van der Waals surface area contributed by atoms with Crippen LogP contribution in [0.15, 0.2) is 17.5 Å². The van der Waals surface area contributed by atoms with Gasteiger partial charge in [0.25, 0.3) is 0 Å². The Balaban J connectivity index is 1.78. The van der Waals surface area contributed by atoms with E-state index in [0.717, 1.165) is 4.88 Å². The van der Waals surface area contributed by atoms with Crippen molar-refractivity contribution in [3.63, 3.8) is 0 Å². The number of carbonyl (C=O) groups excluding carboxylic acids is 2. The Morgan fingerprint density at radius 1 is 1.14 bits per heavy atom. The molecule has 0 amide bonds. The van der Waals surface area contributed by atoms with E-state index < -0.39 is 51.0 Å². The van der Waals surface area contributed by atoms with Crippen molar-refractivity contribution in [3.05, 3.63) is 22.4 Å². The van der Waals surface area contributed by atoms with E-state index in [4.69, 9.17) is 18.6 Å². The first kappa shape index (κ1) is 21.4. The molecule has 2 N–H and O–H groups in total. The summed E-state index contributed by atoms with van der Waals surface area (Å²) >= 11 is 1.45. The summed E-state index contributed by atoms with van der Waals surface area (Å²) < 4.78 is 22.3. The zero-order chi connectivity index (χ0) is 20.5. The van der Waals surface area contributed by atoms with E-state index in [-0.39, 0.29) is 25.4 Å². The predicted molar refractivity (Wildman–Crippen MR) is 102 cm³/mol. The Kier molecular flexibility index (Phi) is 6.57. The largest absolute Gasteiger partial charge is 0.463 e. The van der Waals surface area contributed by atoms with Gasteiger partial charge in [-0.05, 0) is 31.1 Å². The molecule has 3 rings (SSSR count). The van der Waals surface area contributed by atoms with Crippen molar-refractivity contribution in [2.75, 3.05) is 6.61 Å². The minimum Gasteiger partial charge on any atom is -0.463 e. The third-order valence-electron chi connectivity index (χ3n) is 4.56. The van der Waals surface area contributed by atoms with Crippen molar-refractivity contribution < 1.29 is 38.4 Å². The van der Waals surface area contributed by atoms with Crippen molar-refractivity contribution in [1.29, 1.82) is 0 Å². The molecule has 3 heterocycles. The number of aliphatic hydroxyl groups excluding tert-OH is 2. The first-order chi connectivity index (χ1) is 13.1. The average molecular weight is 431 g/mol. The molecule has 1 unspecified atom stereocenters. The Bertz CT molecular complexity index is 688. The number of aliphatic hydroxyl groups is 2. The predicted octanol–water partition coefficient (Wildman–Crippen LogP) is 1.38. The van der Waals surface area contributed by atoms with Crippen molar-refractivity contribution >= 4 is 31.6 Å². The van der Waals surface area contributed by atoms with Crippen molar-refractivity contribution in [2.45, 2.75) is 69.1 Å². The molecule has 0 saturated carbocycles. The van der Waals surface area contributed by atoms with Crippen LogP contribution in [-0.4, -0.2) is 67.8 Å². The summed E-state index contributed by atoms with van der Waals surface area (Å²) in [7, 11) is -2.09. The summed E-state index contributed by atoms with van der Waals surface area (Å²) in [6, 6.07) is 3.70. The molecule has 0 aliphatic carbocycles. The maximum Gasteiger partial charge on any atom is 0.306 e. The monoisotopic (exact) mass is 430 g/mol. The van der Waals surface area contributed by atoms with Crippen molar-refractivity contribution in [2.24, 2.45) is 0 Å². The van der Waals surface area contributed by atoms with Crippen LogP contribution in [0.1, 0.15) is 23.6 Å². The van der Waals surface area contributed by atoms with Gasteiger partial charge in [0.1, 0.15) is 24.9 Å². The van der Waals surface area contributed by atoms with Gasteiger partial charge in [0.2, 0.25) is 0 Å². The quantitative estimate of drug-likeness (QED) is 0.546. The number of ether oxygens (including phenoxy) is 3. The molecule has 8 nitrogen and oxygen atoms in total. The smallest absolute Gasteiger partial charge is 0.306 e. The van der Waals surface area contributed by atoms with Crippen LogP contribution in [0.4, 0.5) is 0 Å². The van der Waals surface area contributed by atoms with Gasteiger partial charge in [-0.3, -0.25) is 9.59 Å². The summed E-state index contributed by atoms with van der Waals surface area (Å²) in [6.45, 7) is 5.54. The highest BCUT2D eigenvalue weighted by atomic mass is 32.1. The molecular weight excluding hydrogens is 404 g/mol. The molecule has 1 aromatic heterocycles. The molecule has 2 saturated heterocycles. The van der Waals surface area contributed by atoms with Gasteiger partial charge in [-0.15, -0.1) is 11.3 Å². The number of carbonyl (C=O) groups is 2. The molecule has 0 bridgehead atoms. The van der Waals surface area contributed by atoms with Crippen LogP contribution in [0.3, 0.4) is 0 Å². The zero-order valence-corrected chi connectivity index (χ0v) is 17.9. The number of hydrogen-bond donors (Lipinski definition) is 2. The Morgan fingerprint density at radius 3 is 2.50 bits per heavy atom. The molecule has 6 atom stereocenters. The van der Waals surface area contributed by atoms with E-state index >= 15 is 0 Å². The highest BCUT2D eigenvalue weighted by Crippen LogP contribution is 2.32. The lowest BCUT2D eigenvalue weighted by Gasteiger charge is -2.43. The molecule has 28 heavy (non-hydrogen) atoms. The SMILES string of the molecule is C[Si](C)(C)O[C@@H]1O[C@@H]2COC(=O)CC(c3cccs3)CC(=O)O[C@H]2[C@H](O)[C@H]1O. The van der Waals surface area contributed by atoms with Crippen LogP contribution in [-0.2, 0) is 28.2 Å². The van der Waals surface area contributed by atoms with Gasteiger partial charge in [-0.25, -0.2) is 0 Å². The third-order valence-corrected chi connectivity index (χ3v) is 6.53. The van der Waals surface area contributed by atoms with Gasteiger partial charge in [-0.2, -0.15) is 0 Å². The second-order valence-corrected chi connectivity index (χ2v) is 13.5. The molecule has 0 aromatic carbocycles. The molecule has 2 aliphatic rings. The van der Waals surface area contributed by atoms with Gasteiger partial charge in [-0.1, -0.05) is 6.07 Å². The zero-order valence-electron chi connectivity index (χ0n) is 16.1. The molecule has 156 valence electrons. The highest BCUT2D eigenvalue weighted by Gasteiger charge is 2.49. The Hall–Kier alpha value is -1.30. The summed E-state index contributed by atoms with van der Waals surface area (Å²) in [5.74, 6) is -1.38. The summed E-state index contributed by atoms with van der Waals surface area (Å²) in [5, 5.41) is 22.8. The summed E-state index contributed by atoms with van der Waals surface area (Å²) in [4.78, 5) is 25.7. The van der Waals surface area contributed by atoms with E-state index in [1.807, 2.05) is 37.2 Å². The average Bonchev–Trinajstić information content (AvgIpc) is 3.13. The molecule has 0 radical (unpaired) electrons. The van der Waals surface area contributed by atoms with E-state index in [2.05, 4.69) is 0 Å². The maximum absolute atomic E-state index is 12.5. The standard InChI is InChI=1S/C18H26O8SSi/c1-28(2,3)26-18-16(22)15(21)17-11(24-18)9-23-13(19)7-10(8-14(20)25-17)12-5-4-6-27-12/h4-6,10-11,15-18,21-22H,7-9H2,1-3H3/t10?,11-,15-,16-,17-,18+/m1/s1. The highest BCUT2D eigenvalue weighted by molar-refractivity contribution is 7.10. The minimum atomic E-state index is -2.09. The molecular formula is C18H26O8SSi. The fourth-order valence-corrected chi connectivity index (χ4v) is 4.99. The van der Waals surface area contributed by atoms with Crippen molar-refractivity contribution in [3.8, 4) is 0 Å². The molecule has 2 aliphatic heterocycles. The van der Waals surface area contributed by atoms with Gasteiger partial charge in [0, 0.05) is 10.8 Å². The van der Waals surface area contributed by atoms with Crippen LogP contribution < -0.4 is 0 Å². The van der Waals surface area contributed by atoms with Gasteiger partial charge in [0.15, 0.2) is 20.7 Å².